The second kappa shape index (κ2) is 3.21. The third kappa shape index (κ3) is 1.47. The maximum Gasteiger partial charge on any atom is 0.133 e. The van der Waals surface area contributed by atoms with Crippen molar-refractivity contribution in [1.29, 1.82) is 0 Å². The molecule has 0 amide bonds. The highest BCUT2D eigenvalue weighted by Gasteiger charge is 1.99. The Morgan fingerprint density at radius 1 is 1.33 bits per heavy atom. The number of nitrogens with zero attached hydrogens (tertiary/aromatic N) is 2. The molecule has 0 fully saturated rings. The van der Waals surface area contributed by atoms with Crippen LogP contribution in [0.3, 0.4) is 0 Å². The summed E-state index contributed by atoms with van der Waals surface area (Å²) in [6, 6.07) is 3.76. The molecule has 2 nitrogen and oxygen atoms in total. The van der Waals surface area contributed by atoms with Crippen LogP contribution in [0.4, 0.5) is 0 Å². The van der Waals surface area contributed by atoms with Gasteiger partial charge >= 0.3 is 0 Å². The van der Waals surface area contributed by atoms with Gasteiger partial charge in [0.15, 0.2) is 0 Å². The molecule has 0 aromatic carbocycles. The summed E-state index contributed by atoms with van der Waals surface area (Å²) in [5.74, 6) is 0. The van der Waals surface area contributed by atoms with Crippen molar-refractivity contribution in [3.05, 3.63) is 34.4 Å². The van der Waals surface area contributed by atoms with Crippen LogP contribution in [-0.2, 0) is 0 Å². The van der Waals surface area contributed by atoms with Crippen molar-refractivity contribution in [2.24, 2.45) is 0 Å². The van der Waals surface area contributed by atoms with Crippen LogP contribution in [0.1, 0.15) is 0 Å². The fourth-order valence-corrected chi connectivity index (χ4v) is 1.70. The van der Waals surface area contributed by atoms with E-state index in [4.69, 9.17) is 11.6 Å². The van der Waals surface area contributed by atoms with Crippen LogP contribution >= 0.6 is 22.9 Å². The molecule has 0 radical (unpaired) electrons. The number of hydrogen-bond acceptors (Lipinski definition) is 3. The Hall–Kier alpha value is -0.930. The maximum atomic E-state index is 5.71. The molecule has 0 spiro atoms. The third-order valence-corrected chi connectivity index (χ3v) is 2.34. The Morgan fingerprint density at radius 3 is 2.92 bits per heavy atom. The van der Waals surface area contributed by atoms with Crippen molar-refractivity contribution in [3.8, 4) is 11.3 Å². The van der Waals surface area contributed by atoms with Crippen molar-refractivity contribution >= 4 is 22.9 Å². The molecule has 12 heavy (non-hydrogen) atoms. The first-order chi connectivity index (χ1) is 5.86. The molecule has 0 saturated heterocycles. The van der Waals surface area contributed by atoms with Crippen LogP contribution in [0.2, 0.25) is 5.15 Å². The molecule has 0 aliphatic carbocycles. The highest BCUT2D eigenvalue weighted by atomic mass is 35.5. The van der Waals surface area contributed by atoms with Gasteiger partial charge in [-0.1, -0.05) is 11.6 Å². The lowest BCUT2D eigenvalue weighted by Crippen LogP contribution is -1.82. The second-order valence-corrected chi connectivity index (χ2v) is 3.41. The summed E-state index contributed by atoms with van der Waals surface area (Å²) in [5, 5.41) is 4.51. The molecule has 0 N–H and O–H groups in total. The van der Waals surface area contributed by atoms with Crippen molar-refractivity contribution in [3.63, 3.8) is 0 Å². The molecule has 0 unspecified atom stereocenters. The lowest BCUT2D eigenvalue weighted by atomic mass is 10.2. The average Bonchev–Trinajstić information content (AvgIpc) is 2.56. The Kier molecular flexibility index (Phi) is 2.06. The van der Waals surface area contributed by atoms with Gasteiger partial charge in [0.1, 0.15) is 11.5 Å². The standard InChI is InChI=1S/C8H5ClN2S/c9-8-3-7(10-5-11-8)6-1-2-12-4-6/h1-5H. The highest BCUT2D eigenvalue weighted by Crippen LogP contribution is 2.20. The predicted molar refractivity (Wildman–Crippen MR) is 50.4 cm³/mol. The van der Waals surface area contributed by atoms with E-state index >= 15 is 0 Å². The summed E-state index contributed by atoms with van der Waals surface area (Å²) in [6.45, 7) is 0. The van der Waals surface area contributed by atoms with Gasteiger partial charge in [0, 0.05) is 17.0 Å². The maximum absolute atomic E-state index is 5.71. The Labute approximate surface area is 78.9 Å². The molecular formula is C8H5ClN2S. The van der Waals surface area contributed by atoms with E-state index in [1.807, 2.05) is 16.8 Å². The van der Waals surface area contributed by atoms with Gasteiger partial charge in [0.05, 0.1) is 5.69 Å². The van der Waals surface area contributed by atoms with Crippen molar-refractivity contribution < 1.29 is 0 Å². The van der Waals surface area contributed by atoms with Gasteiger partial charge in [-0.3, -0.25) is 0 Å². The average molecular weight is 197 g/mol. The highest BCUT2D eigenvalue weighted by molar-refractivity contribution is 7.08. The monoisotopic (exact) mass is 196 g/mol. The first-order valence-corrected chi connectivity index (χ1v) is 4.68. The van der Waals surface area contributed by atoms with E-state index in [0.717, 1.165) is 11.3 Å². The minimum Gasteiger partial charge on any atom is -0.236 e. The van der Waals surface area contributed by atoms with Crippen LogP contribution in [0, 0.1) is 0 Å². The summed E-state index contributed by atoms with van der Waals surface area (Å²) in [6.07, 6.45) is 1.47. The summed E-state index contributed by atoms with van der Waals surface area (Å²) in [5.41, 5.74) is 1.96. The SMILES string of the molecule is Clc1cc(-c2ccsc2)ncn1. The van der Waals surface area contributed by atoms with Crippen LogP contribution in [0.5, 0.6) is 0 Å². The zero-order valence-corrected chi connectivity index (χ0v) is 7.64. The van der Waals surface area contributed by atoms with Gasteiger partial charge in [-0.05, 0) is 11.4 Å². The summed E-state index contributed by atoms with van der Waals surface area (Å²) in [4.78, 5) is 7.90. The van der Waals surface area contributed by atoms with E-state index in [2.05, 4.69) is 9.97 Å². The molecule has 0 aliphatic heterocycles. The Balaban J connectivity index is 2.48. The first kappa shape index (κ1) is 7.71. The number of hydrogen-bond donors (Lipinski definition) is 0. The topological polar surface area (TPSA) is 25.8 Å². The van der Waals surface area contributed by atoms with Crippen molar-refractivity contribution in [2.75, 3.05) is 0 Å². The second-order valence-electron chi connectivity index (χ2n) is 2.24. The number of thiophene rings is 1. The smallest absolute Gasteiger partial charge is 0.133 e. The molecule has 60 valence electrons. The molecule has 2 heterocycles. The largest absolute Gasteiger partial charge is 0.236 e. The predicted octanol–water partition coefficient (Wildman–Crippen LogP) is 2.86. The first-order valence-electron chi connectivity index (χ1n) is 3.36. The molecular weight excluding hydrogens is 192 g/mol. The molecule has 2 aromatic heterocycles. The fourth-order valence-electron chi connectivity index (χ4n) is 0.902. The molecule has 0 saturated carbocycles. The van der Waals surface area contributed by atoms with Gasteiger partial charge < -0.3 is 0 Å². The molecule has 2 rings (SSSR count). The number of aromatic nitrogens is 2. The van der Waals surface area contributed by atoms with Crippen LogP contribution in [0.25, 0.3) is 11.3 Å². The minimum absolute atomic E-state index is 0.478. The van der Waals surface area contributed by atoms with E-state index in [-0.39, 0.29) is 0 Å². The van der Waals surface area contributed by atoms with Crippen molar-refractivity contribution in [1.82, 2.24) is 9.97 Å². The fraction of sp³-hybridized carbons (Fsp3) is 0. The lowest BCUT2D eigenvalue weighted by molar-refractivity contribution is 1.17. The van der Waals surface area contributed by atoms with Crippen LogP contribution in [-0.4, -0.2) is 9.97 Å². The van der Waals surface area contributed by atoms with Gasteiger partial charge in [-0.15, -0.1) is 0 Å². The van der Waals surface area contributed by atoms with Gasteiger partial charge in [0.2, 0.25) is 0 Å². The van der Waals surface area contributed by atoms with Gasteiger partial charge in [-0.2, -0.15) is 11.3 Å². The van der Waals surface area contributed by atoms with Crippen LogP contribution < -0.4 is 0 Å². The van der Waals surface area contributed by atoms with E-state index < -0.39 is 0 Å². The van der Waals surface area contributed by atoms with Crippen molar-refractivity contribution in [2.45, 2.75) is 0 Å². The normalized spacial score (nSPS) is 10.1. The van der Waals surface area contributed by atoms with E-state index in [9.17, 15) is 0 Å². The molecule has 0 atom stereocenters. The number of rotatable bonds is 1. The Bertz CT molecular complexity index is 372. The molecule has 0 bridgehead atoms. The van der Waals surface area contributed by atoms with Crippen LogP contribution in [0.15, 0.2) is 29.2 Å². The summed E-state index contributed by atoms with van der Waals surface area (Å²) < 4.78 is 0. The molecule has 4 heteroatoms. The Morgan fingerprint density at radius 2 is 2.25 bits per heavy atom. The third-order valence-electron chi connectivity index (χ3n) is 1.45. The number of halogens is 1. The zero-order valence-electron chi connectivity index (χ0n) is 6.07. The quantitative estimate of drug-likeness (QED) is 0.656. The summed E-state index contributed by atoms with van der Waals surface area (Å²) >= 11 is 7.35. The summed E-state index contributed by atoms with van der Waals surface area (Å²) in [7, 11) is 0. The molecule has 2 aromatic rings. The minimum atomic E-state index is 0.478. The van der Waals surface area contributed by atoms with E-state index in [1.165, 1.54) is 6.33 Å². The molecule has 0 aliphatic rings. The van der Waals surface area contributed by atoms with Gasteiger partial charge in [-0.25, -0.2) is 9.97 Å². The van der Waals surface area contributed by atoms with E-state index in [0.29, 0.717) is 5.15 Å². The zero-order chi connectivity index (χ0) is 8.39. The van der Waals surface area contributed by atoms with Gasteiger partial charge in [0.25, 0.3) is 0 Å². The lowest BCUT2D eigenvalue weighted by Gasteiger charge is -1.94. The van der Waals surface area contributed by atoms with E-state index in [1.54, 1.807) is 17.4 Å².